The first-order chi connectivity index (χ1) is 5.72. The SMILES string of the molecule is CCOC(=O)OC1=CC(=O)N=N1. The standard InChI is InChI=1S/C6H6N2O4/c1-2-11-6(10)12-5-3-4(9)7-8-5/h3H,2H2,1H3. The Morgan fingerprint density at radius 2 is 2.33 bits per heavy atom. The average Bonchev–Trinajstić information content (AvgIpc) is 2.36. The Balaban J connectivity index is 2.42. The van der Waals surface area contributed by atoms with Crippen molar-refractivity contribution in [2.75, 3.05) is 6.61 Å². The molecule has 1 aliphatic rings. The van der Waals surface area contributed by atoms with E-state index >= 15 is 0 Å². The number of carbonyl (C=O) groups is 2. The van der Waals surface area contributed by atoms with E-state index in [0.29, 0.717) is 0 Å². The minimum atomic E-state index is -0.891. The molecule has 0 saturated heterocycles. The molecule has 0 fully saturated rings. The van der Waals surface area contributed by atoms with Crippen LogP contribution in [0.3, 0.4) is 0 Å². The Morgan fingerprint density at radius 3 is 2.83 bits per heavy atom. The van der Waals surface area contributed by atoms with E-state index in [1.807, 2.05) is 0 Å². The zero-order valence-electron chi connectivity index (χ0n) is 6.31. The van der Waals surface area contributed by atoms with Gasteiger partial charge in [-0.1, -0.05) is 0 Å². The lowest BCUT2D eigenvalue weighted by atomic mass is 10.6. The minimum absolute atomic E-state index is 0.140. The third kappa shape index (κ3) is 2.15. The van der Waals surface area contributed by atoms with Crippen LogP contribution in [-0.2, 0) is 14.3 Å². The van der Waals surface area contributed by atoms with Gasteiger partial charge in [0.1, 0.15) is 0 Å². The monoisotopic (exact) mass is 170 g/mol. The Kier molecular flexibility index (Phi) is 2.52. The van der Waals surface area contributed by atoms with E-state index in [2.05, 4.69) is 19.7 Å². The van der Waals surface area contributed by atoms with Gasteiger partial charge in [-0.15, -0.1) is 10.2 Å². The Hall–Kier alpha value is -1.72. The molecule has 1 heterocycles. The fourth-order valence-corrected chi connectivity index (χ4v) is 0.544. The summed E-state index contributed by atoms with van der Waals surface area (Å²) in [6, 6.07) is 0. The van der Waals surface area contributed by atoms with Gasteiger partial charge in [0, 0.05) is 0 Å². The smallest absolute Gasteiger partial charge is 0.434 e. The van der Waals surface area contributed by atoms with Crippen molar-refractivity contribution >= 4 is 12.1 Å². The van der Waals surface area contributed by atoms with Crippen LogP contribution in [-0.4, -0.2) is 18.7 Å². The van der Waals surface area contributed by atoms with Gasteiger partial charge < -0.3 is 9.47 Å². The summed E-state index contributed by atoms with van der Waals surface area (Å²) in [4.78, 5) is 21.0. The predicted molar refractivity (Wildman–Crippen MR) is 36.1 cm³/mol. The van der Waals surface area contributed by atoms with E-state index in [4.69, 9.17) is 0 Å². The van der Waals surface area contributed by atoms with Crippen molar-refractivity contribution in [1.82, 2.24) is 0 Å². The number of amides is 1. The van der Waals surface area contributed by atoms with Crippen LogP contribution in [0.15, 0.2) is 22.2 Å². The molecule has 0 radical (unpaired) electrons. The van der Waals surface area contributed by atoms with Gasteiger partial charge in [0.25, 0.3) is 11.8 Å². The summed E-state index contributed by atoms with van der Waals surface area (Å²) in [5.74, 6) is -0.687. The first-order valence-corrected chi connectivity index (χ1v) is 3.24. The van der Waals surface area contributed by atoms with Gasteiger partial charge in [0.05, 0.1) is 12.7 Å². The van der Waals surface area contributed by atoms with Crippen molar-refractivity contribution in [3.05, 3.63) is 12.0 Å². The van der Waals surface area contributed by atoms with Crippen molar-refractivity contribution in [3.63, 3.8) is 0 Å². The van der Waals surface area contributed by atoms with E-state index in [9.17, 15) is 9.59 Å². The van der Waals surface area contributed by atoms with Crippen molar-refractivity contribution in [2.45, 2.75) is 6.92 Å². The second-order valence-electron chi connectivity index (χ2n) is 1.81. The largest absolute Gasteiger partial charge is 0.515 e. The maximum absolute atomic E-state index is 10.6. The molecule has 0 aromatic rings. The molecule has 64 valence electrons. The summed E-state index contributed by atoms with van der Waals surface area (Å²) in [6.45, 7) is 1.84. The first kappa shape index (κ1) is 8.38. The van der Waals surface area contributed by atoms with Gasteiger partial charge in [0.15, 0.2) is 0 Å². The third-order valence-corrected chi connectivity index (χ3v) is 0.944. The number of nitrogens with zero attached hydrogens (tertiary/aromatic N) is 2. The molecule has 0 aromatic carbocycles. The molecule has 1 amide bonds. The first-order valence-electron chi connectivity index (χ1n) is 3.24. The van der Waals surface area contributed by atoms with E-state index in [1.54, 1.807) is 6.92 Å². The fraction of sp³-hybridized carbons (Fsp3) is 0.333. The molecule has 0 unspecified atom stereocenters. The highest BCUT2D eigenvalue weighted by molar-refractivity contribution is 5.90. The van der Waals surface area contributed by atoms with Crippen molar-refractivity contribution < 1.29 is 19.1 Å². The van der Waals surface area contributed by atoms with Gasteiger partial charge >= 0.3 is 6.16 Å². The summed E-state index contributed by atoms with van der Waals surface area (Å²) >= 11 is 0. The summed E-state index contributed by atoms with van der Waals surface area (Å²) in [7, 11) is 0. The molecule has 0 spiro atoms. The Bertz CT molecular complexity index is 269. The molecule has 0 N–H and O–H groups in total. The lowest BCUT2D eigenvalue weighted by Crippen LogP contribution is -2.05. The number of rotatable bonds is 2. The second kappa shape index (κ2) is 3.61. The highest BCUT2D eigenvalue weighted by atomic mass is 16.7. The van der Waals surface area contributed by atoms with Crippen LogP contribution in [0.2, 0.25) is 0 Å². The molecule has 0 aliphatic carbocycles. The maximum atomic E-state index is 10.6. The summed E-state index contributed by atoms with van der Waals surface area (Å²) in [6.07, 6.45) is 0.106. The number of carbonyl (C=O) groups excluding carboxylic acids is 2. The second-order valence-corrected chi connectivity index (χ2v) is 1.81. The van der Waals surface area contributed by atoms with E-state index in [0.717, 1.165) is 6.08 Å². The van der Waals surface area contributed by atoms with Crippen LogP contribution in [0.25, 0.3) is 0 Å². The topological polar surface area (TPSA) is 77.3 Å². The molecule has 0 aromatic heterocycles. The molecule has 12 heavy (non-hydrogen) atoms. The third-order valence-electron chi connectivity index (χ3n) is 0.944. The number of azo groups is 1. The predicted octanol–water partition coefficient (Wildman–Crippen LogP) is 0.993. The van der Waals surface area contributed by atoms with Gasteiger partial charge in [-0.05, 0) is 6.92 Å². The molecule has 0 saturated carbocycles. The highest BCUT2D eigenvalue weighted by Gasteiger charge is 2.13. The van der Waals surface area contributed by atoms with Crippen LogP contribution in [0, 0.1) is 0 Å². The van der Waals surface area contributed by atoms with Crippen LogP contribution < -0.4 is 0 Å². The Labute approximate surface area is 67.9 Å². The minimum Gasteiger partial charge on any atom is -0.434 e. The number of ether oxygens (including phenoxy) is 2. The van der Waals surface area contributed by atoms with Crippen LogP contribution in [0.5, 0.6) is 0 Å². The average molecular weight is 170 g/mol. The summed E-state index contributed by atoms with van der Waals surface area (Å²) in [5, 5.41) is 6.34. The lowest BCUT2D eigenvalue weighted by Gasteiger charge is -1.99. The molecule has 6 heteroatoms. The molecule has 6 nitrogen and oxygen atoms in total. The molecule has 1 rings (SSSR count). The van der Waals surface area contributed by atoms with Crippen molar-refractivity contribution in [1.29, 1.82) is 0 Å². The van der Waals surface area contributed by atoms with Gasteiger partial charge in [-0.2, -0.15) is 0 Å². The van der Waals surface area contributed by atoms with Crippen molar-refractivity contribution in [3.8, 4) is 0 Å². The zero-order valence-corrected chi connectivity index (χ0v) is 6.31. The number of hydrogen-bond donors (Lipinski definition) is 0. The summed E-state index contributed by atoms with van der Waals surface area (Å²) < 4.78 is 8.86. The quantitative estimate of drug-likeness (QED) is 0.579. The highest BCUT2D eigenvalue weighted by Crippen LogP contribution is 2.08. The molecule has 0 bridgehead atoms. The van der Waals surface area contributed by atoms with Gasteiger partial charge in [-0.3, -0.25) is 4.79 Å². The molecular weight excluding hydrogens is 164 g/mol. The van der Waals surface area contributed by atoms with Crippen molar-refractivity contribution in [2.24, 2.45) is 10.2 Å². The van der Waals surface area contributed by atoms with E-state index < -0.39 is 12.1 Å². The van der Waals surface area contributed by atoms with Crippen LogP contribution >= 0.6 is 0 Å². The molecule has 0 atom stereocenters. The van der Waals surface area contributed by atoms with Gasteiger partial charge in [-0.25, -0.2) is 4.79 Å². The van der Waals surface area contributed by atoms with Crippen LogP contribution in [0.4, 0.5) is 4.79 Å². The van der Waals surface area contributed by atoms with E-state index in [-0.39, 0.29) is 12.5 Å². The zero-order chi connectivity index (χ0) is 8.97. The fourth-order valence-electron chi connectivity index (χ4n) is 0.544. The van der Waals surface area contributed by atoms with Gasteiger partial charge in [0.2, 0.25) is 0 Å². The lowest BCUT2D eigenvalue weighted by molar-refractivity contribution is -0.113. The Morgan fingerprint density at radius 1 is 1.58 bits per heavy atom. The maximum Gasteiger partial charge on any atom is 0.515 e. The van der Waals surface area contributed by atoms with Crippen LogP contribution in [0.1, 0.15) is 6.92 Å². The number of hydrogen-bond acceptors (Lipinski definition) is 5. The van der Waals surface area contributed by atoms with E-state index in [1.165, 1.54) is 0 Å². The molecular formula is C6H6N2O4. The summed E-state index contributed by atoms with van der Waals surface area (Å²) in [5.41, 5.74) is 0. The normalized spacial score (nSPS) is 14.4. The molecule has 1 aliphatic heterocycles.